The third-order valence-corrected chi connectivity index (χ3v) is 4.64. The van der Waals surface area contributed by atoms with Crippen molar-refractivity contribution < 1.29 is 14.3 Å². The number of carbonyl (C=O) groups excluding carboxylic acids is 1. The Morgan fingerprint density at radius 3 is 2.66 bits per heavy atom. The van der Waals surface area contributed by atoms with Crippen LogP contribution in [0, 0.1) is 0 Å². The summed E-state index contributed by atoms with van der Waals surface area (Å²) in [6, 6.07) is 1.74. The van der Waals surface area contributed by atoms with Crippen LogP contribution in [0.25, 0.3) is 0 Å². The van der Waals surface area contributed by atoms with Crippen molar-refractivity contribution in [2.24, 2.45) is 4.99 Å². The number of amides is 1. The second kappa shape index (κ2) is 9.47. The van der Waals surface area contributed by atoms with Gasteiger partial charge < -0.3 is 20.1 Å². The van der Waals surface area contributed by atoms with Crippen molar-refractivity contribution in [3.63, 3.8) is 0 Å². The lowest BCUT2D eigenvalue weighted by Gasteiger charge is -2.35. The summed E-state index contributed by atoms with van der Waals surface area (Å²) in [7, 11) is 1.73. The van der Waals surface area contributed by atoms with Crippen molar-refractivity contribution in [2.45, 2.75) is 78.0 Å². The van der Waals surface area contributed by atoms with Crippen molar-refractivity contribution in [2.75, 3.05) is 20.1 Å². The summed E-state index contributed by atoms with van der Waals surface area (Å²) < 4.78 is 13.5. The van der Waals surface area contributed by atoms with Gasteiger partial charge >= 0.3 is 6.09 Å². The van der Waals surface area contributed by atoms with Gasteiger partial charge in [-0.1, -0.05) is 0 Å². The number of nitrogens with zero attached hydrogens (tertiary/aromatic N) is 4. The number of nitrogens with one attached hydrogen (secondary N) is 2. The normalized spacial score (nSPS) is 21.9. The van der Waals surface area contributed by atoms with Gasteiger partial charge in [-0.15, -0.1) is 0 Å². The molecule has 2 atom stereocenters. The van der Waals surface area contributed by atoms with Gasteiger partial charge in [-0.05, 0) is 54.0 Å². The average molecular weight is 409 g/mol. The Balaban J connectivity index is 1.90. The minimum atomic E-state index is -0.741. The minimum Gasteiger partial charge on any atom is -0.444 e. The highest BCUT2D eigenvalue weighted by molar-refractivity contribution is 5.79. The fraction of sp³-hybridized carbons (Fsp3) is 0.750. The summed E-state index contributed by atoms with van der Waals surface area (Å²) in [6.45, 7) is 13.4. The second-order valence-electron chi connectivity index (χ2n) is 8.69. The number of aliphatic imine (C=N–C) groups is 1. The van der Waals surface area contributed by atoms with Crippen LogP contribution in [-0.2, 0) is 16.0 Å². The van der Waals surface area contributed by atoms with E-state index in [4.69, 9.17) is 9.47 Å². The molecule has 2 N–H and O–H groups in total. The lowest BCUT2D eigenvalue weighted by Crippen LogP contribution is -2.54. The molecule has 2 rings (SSSR count). The number of rotatable bonds is 6. The molecule has 1 aromatic heterocycles. The zero-order valence-electron chi connectivity index (χ0n) is 18.7. The van der Waals surface area contributed by atoms with E-state index in [0.717, 1.165) is 19.5 Å². The predicted octanol–water partition coefficient (Wildman–Crippen LogP) is 2.20. The quantitative estimate of drug-likeness (QED) is 0.426. The average Bonchev–Trinajstić information content (AvgIpc) is 3.18. The lowest BCUT2D eigenvalue weighted by atomic mass is 10.1. The third kappa shape index (κ3) is 6.62. The van der Waals surface area contributed by atoms with E-state index < -0.39 is 11.3 Å². The molecule has 2 unspecified atom stereocenters. The maximum Gasteiger partial charge on any atom is 0.412 e. The molecule has 0 spiro atoms. The molecule has 9 heteroatoms. The second-order valence-corrected chi connectivity index (χ2v) is 8.69. The van der Waals surface area contributed by atoms with Crippen LogP contribution < -0.4 is 10.6 Å². The van der Waals surface area contributed by atoms with Crippen LogP contribution >= 0.6 is 0 Å². The summed E-state index contributed by atoms with van der Waals surface area (Å²) in [5, 5.41) is 10.8. The van der Waals surface area contributed by atoms with Crippen LogP contribution in [0.2, 0.25) is 0 Å². The molecular formula is C20H36N6O3. The van der Waals surface area contributed by atoms with E-state index in [2.05, 4.69) is 20.7 Å². The molecule has 0 radical (unpaired) electrons. The Labute approximate surface area is 173 Å². The summed E-state index contributed by atoms with van der Waals surface area (Å²) in [6.07, 6.45) is 4.13. The molecule has 1 amide bonds. The van der Waals surface area contributed by atoms with Gasteiger partial charge in [0.2, 0.25) is 0 Å². The number of guanidine groups is 1. The van der Waals surface area contributed by atoms with Crippen molar-refractivity contribution >= 4 is 12.1 Å². The van der Waals surface area contributed by atoms with E-state index in [1.807, 2.05) is 58.5 Å². The van der Waals surface area contributed by atoms with Crippen LogP contribution in [0.5, 0.6) is 0 Å². The number of aromatic nitrogens is 2. The van der Waals surface area contributed by atoms with Gasteiger partial charge in [0, 0.05) is 39.1 Å². The summed E-state index contributed by atoms with van der Waals surface area (Å²) in [4.78, 5) is 18.8. The highest BCUT2D eigenvalue weighted by Crippen LogP contribution is 2.33. The van der Waals surface area contributed by atoms with Crippen LogP contribution in [0.15, 0.2) is 23.5 Å². The highest BCUT2D eigenvalue weighted by atomic mass is 16.6. The van der Waals surface area contributed by atoms with E-state index in [1.54, 1.807) is 18.1 Å². The molecule has 0 bridgehead atoms. The molecule has 1 aliphatic heterocycles. The summed E-state index contributed by atoms with van der Waals surface area (Å²) in [5.41, 5.74) is -1.31. The molecule has 29 heavy (non-hydrogen) atoms. The molecule has 0 aliphatic carbocycles. The third-order valence-electron chi connectivity index (χ3n) is 4.64. The van der Waals surface area contributed by atoms with E-state index in [0.29, 0.717) is 12.5 Å². The standard InChI is InChI=1S/C20H36N6O3/c1-15-16(26(20(5,6)28-15)18(27)29-19(2,3)4)14-23-17(21-7)22-10-8-12-25-13-9-11-24-25/h9,11,13,15-16H,8,10,12,14H2,1-7H3,(H2,21,22,23). The first-order valence-corrected chi connectivity index (χ1v) is 10.2. The van der Waals surface area contributed by atoms with E-state index >= 15 is 0 Å². The number of carbonyl (C=O) groups is 1. The first-order valence-electron chi connectivity index (χ1n) is 10.2. The molecule has 0 saturated carbocycles. The van der Waals surface area contributed by atoms with Crippen LogP contribution in [0.1, 0.15) is 48.0 Å². The predicted molar refractivity (Wildman–Crippen MR) is 113 cm³/mol. The Morgan fingerprint density at radius 2 is 2.07 bits per heavy atom. The summed E-state index contributed by atoms with van der Waals surface area (Å²) in [5.74, 6) is 0.687. The van der Waals surface area contributed by atoms with Crippen molar-refractivity contribution in [1.82, 2.24) is 25.3 Å². The van der Waals surface area contributed by atoms with E-state index in [1.165, 1.54) is 0 Å². The highest BCUT2D eigenvalue weighted by Gasteiger charge is 2.49. The Kier molecular flexibility index (Phi) is 7.51. The van der Waals surface area contributed by atoms with E-state index in [9.17, 15) is 4.79 Å². The number of ether oxygens (including phenoxy) is 2. The first kappa shape index (κ1) is 23.0. The minimum absolute atomic E-state index is 0.136. The Bertz CT molecular complexity index is 681. The van der Waals surface area contributed by atoms with Gasteiger partial charge in [0.15, 0.2) is 5.96 Å². The zero-order valence-corrected chi connectivity index (χ0v) is 18.7. The molecule has 2 heterocycles. The smallest absolute Gasteiger partial charge is 0.412 e. The van der Waals surface area contributed by atoms with Gasteiger partial charge in [0.25, 0.3) is 0 Å². The number of hydrogen-bond donors (Lipinski definition) is 2. The van der Waals surface area contributed by atoms with Crippen molar-refractivity contribution in [3.8, 4) is 0 Å². The van der Waals surface area contributed by atoms with Crippen LogP contribution in [0.4, 0.5) is 4.79 Å². The van der Waals surface area contributed by atoms with Gasteiger partial charge in [-0.3, -0.25) is 14.6 Å². The van der Waals surface area contributed by atoms with Gasteiger partial charge in [0.05, 0.1) is 12.1 Å². The Hall–Kier alpha value is -2.29. The van der Waals surface area contributed by atoms with Crippen molar-refractivity contribution in [1.29, 1.82) is 0 Å². The topological polar surface area (TPSA) is 93.0 Å². The molecule has 164 valence electrons. The fourth-order valence-electron chi connectivity index (χ4n) is 3.43. The molecule has 1 saturated heterocycles. The summed E-state index contributed by atoms with van der Waals surface area (Å²) >= 11 is 0. The number of hydrogen-bond acceptors (Lipinski definition) is 5. The zero-order chi connectivity index (χ0) is 21.7. The fourth-order valence-corrected chi connectivity index (χ4v) is 3.43. The molecule has 1 aliphatic rings. The Morgan fingerprint density at radius 1 is 1.34 bits per heavy atom. The molecule has 1 fully saturated rings. The number of aryl methyl sites for hydroxylation is 1. The monoisotopic (exact) mass is 408 g/mol. The molecule has 9 nitrogen and oxygen atoms in total. The van der Waals surface area contributed by atoms with E-state index in [-0.39, 0.29) is 18.2 Å². The lowest BCUT2D eigenvalue weighted by molar-refractivity contribution is -0.0755. The van der Waals surface area contributed by atoms with Crippen molar-refractivity contribution in [3.05, 3.63) is 18.5 Å². The van der Waals surface area contributed by atoms with Crippen LogP contribution in [-0.4, -0.2) is 70.3 Å². The van der Waals surface area contributed by atoms with Gasteiger partial charge in [-0.2, -0.15) is 5.10 Å². The largest absolute Gasteiger partial charge is 0.444 e. The maximum atomic E-state index is 12.8. The van der Waals surface area contributed by atoms with Gasteiger partial charge in [-0.25, -0.2) is 4.79 Å². The van der Waals surface area contributed by atoms with Crippen LogP contribution in [0.3, 0.4) is 0 Å². The first-order chi connectivity index (χ1) is 13.5. The molecular weight excluding hydrogens is 372 g/mol. The maximum absolute atomic E-state index is 12.8. The molecule has 0 aromatic carbocycles. The molecule has 1 aromatic rings. The SMILES string of the molecule is CN=C(NCCCn1cccn1)NCC1C(C)OC(C)(C)N1C(=O)OC(C)(C)C. The van der Waals surface area contributed by atoms with Gasteiger partial charge in [0.1, 0.15) is 11.3 Å².